The molecule has 0 bridgehead atoms. The Morgan fingerprint density at radius 3 is 2.59 bits per heavy atom. The van der Waals surface area contributed by atoms with Crippen molar-refractivity contribution in [2.45, 2.75) is 18.8 Å². The number of pyridine rings is 1. The molecule has 1 aliphatic heterocycles. The molecule has 194 valence electrons. The number of benzene rings is 3. The summed E-state index contributed by atoms with van der Waals surface area (Å²) in [5, 5.41) is 20.1. The number of Topliss-reactive ketones (excluding diaryl/α,β-unsaturated/α-hetero) is 1. The van der Waals surface area contributed by atoms with Crippen molar-refractivity contribution >= 4 is 35.0 Å². The van der Waals surface area contributed by atoms with E-state index in [4.69, 9.17) is 32.7 Å². The Kier molecular flexibility index (Phi) is 7.51. The highest BCUT2D eigenvalue weighted by Crippen LogP contribution is 2.40. The maximum absolute atomic E-state index is 13.0. The maximum atomic E-state index is 13.0. The number of ketones is 1. The van der Waals surface area contributed by atoms with E-state index in [1.54, 1.807) is 48.5 Å². The van der Waals surface area contributed by atoms with Gasteiger partial charge in [0.15, 0.2) is 5.78 Å². The highest BCUT2D eigenvalue weighted by Gasteiger charge is 2.29. The standard InChI is InChI=1S/C30H20Cl2N2O5/c31-19-6-9-23(25(32)13-19)26-3-1-2-20(34-26)14-27(35)17-4-7-21(8-5-17)39-28-15-29-24(12-18(28)16-33)22(30(36)37)10-11-38-29/h1-9,12-13,15,22H,10-11,14H2,(H,36,37). The van der Waals surface area contributed by atoms with Crippen LogP contribution in [0.5, 0.6) is 17.2 Å². The Hall–Kier alpha value is -4.38. The second kappa shape index (κ2) is 11.2. The molecule has 0 radical (unpaired) electrons. The third kappa shape index (κ3) is 5.73. The number of halogens is 2. The lowest BCUT2D eigenvalue weighted by atomic mass is 9.91. The predicted molar refractivity (Wildman–Crippen MR) is 146 cm³/mol. The summed E-state index contributed by atoms with van der Waals surface area (Å²) in [5.41, 5.74) is 3.07. The SMILES string of the molecule is N#Cc1cc2c(cc1Oc1ccc(C(=O)Cc3cccc(-c4ccc(Cl)cc4Cl)n3)cc1)OCCC2C(=O)O. The fourth-order valence-electron chi connectivity index (χ4n) is 4.37. The van der Waals surface area contributed by atoms with Crippen molar-refractivity contribution in [2.75, 3.05) is 6.61 Å². The molecule has 1 aromatic heterocycles. The van der Waals surface area contributed by atoms with Gasteiger partial charge in [-0.1, -0.05) is 29.3 Å². The monoisotopic (exact) mass is 558 g/mol. The fourth-order valence-corrected chi connectivity index (χ4v) is 4.88. The van der Waals surface area contributed by atoms with Crippen molar-refractivity contribution in [1.82, 2.24) is 4.98 Å². The van der Waals surface area contributed by atoms with Gasteiger partial charge in [0.25, 0.3) is 0 Å². The summed E-state index contributed by atoms with van der Waals surface area (Å²) < 4.78 is 11.5. The molecule has 9 heteroatoms. The third-order valence-electron chi connectivity index (χ3n) is 6.33. The smallest absolute Gasteiger partial charge is 0.311 e. The summed E-state index contributed by atoms with van der Waals surface area (Å²) in [7, 11) is 0. The van der Waals surface area contributed by atoms with Gasteiger partial charge in [-0.15, -0.1) is 0 Å². The van der Waals surface area contributed by atoms with E-state index in [-0.39, 0.29) is 30.1 Å². The van der Waals surface area contributed by atoms with Crippen LogP contribution in [0.3, 0.4) is 0 Å². The van der Waals surface area contributed by atoms with Gasteiger partial charge in [0.1, 0.15) is 23.3 Å². The van der Waals surface area contributed by atoms with Crippen LogP contribution in [0.2, 0.25) is 10.0 Å². The van der Waals surface area contributed by atoms with Crippen LogP contribution in [-0.2, 0) is 11.2 Å². The Morgan fingerprint density at radius 2 is 1.87 bits per heavy atom. The number of carboxylic acid groups (broad SMARTS) is 1. The highest BCUT2D eigenvalue weighted by atomic mass is 35.5. The second-order valence-corrected chi connectivity index (χ2v) is 9.73. The van der Waals surface area contributed by atoms with E-state index >= 15 is 0 Å². The first-order chi connectivity index (χ1) is 18.8. The summed E-state index contributed by atoms with van der Waals surface area (Å²) >= 11 is 12.3. The number of fused-ring (bicyclic) bond motifs is 1. The number of nitrogens with zero attached hydrogens (tertiary/aromatic N) is 2. The number of ether oxygens (including phenoxy) is 2. The number of carbonyl (C=O) groups is 2. The van der Waals surface area contributed by atoms with Crippen molar-refractivity contribution < 1.29 is 24.2 Å². The van der Waals surface area contributed by atoms with E-state index in [0.29, 0.717) is 50.5 Å². The Bertz CT molecular complexity index is 1630. The van der Waals surface area contributed by atoms with Crippen LogP contribution >= 0.6 is 23.2 Å². The minimum atomic E-state index is -0.965. The first-order valence-corrected chi connectivity index (χ1v) is 12.7. The molecule has 5 rings (SSSR count). The van der Waals surface area contributed by atoms with E-state index in [9.17, 15) is 20.0 Å². The van der Waals surface area contributed by atoms with Gasteiger partial charge in [0.2, 0.25) is 0 Å². The summed E-state index contributed by atoms with van der Waals surface area (Å²) in [5.74, 6) is -0.807. The zero-order valence-corrected chi connectivity index (χ0v) is 21.9. The lowest BCUT2D eigenvalue weighted by molar-refractivity contribution is -0.139. The van der Waals surface area contributed by atoms with Gasteiger partial charge in [-0.2, -0.15) is 5.26 Å². The lowest BCUT2D eigenvalue weighted by Gasteiger charge is -2.24. The van der Waals surface area contributed by atoms with Crippen LogP contribution < -0.4 is 9.47 Å². The van der Waals surface area contributed by atoms with Crippen LogP contribution in [0.25, 0.3) is 11.3 Å². The topological polar surface area (TPSA) is 110 Å². The van der Waals surface area contributed by atoms with Crippen LogP contribution in [0.4, 0.5) is 0 Å². The molecule has 7 nitrogen and oxygen atoms in total. The van der Waals surface area contributed by atoms with E-state index in [1.807, 2.05) is 12.1 Å². The highest BCUT2D eigenvalue weighted by molar-refractivity contribution is 6.36. The Morgan fingerprint density at radius 1 is 1.08 bits per heavy atom. The van der Waals surface area contributed by atoms with Gasteiger partial charge < -0.3 is 14.6 Å². The molecule has 1 atom stereocenters. The molecule has 0 aliphatic carbocycles. The summed E-state index contributed by atoms with van der Waals surface area (Å²) in [4.78, 5) is 29.1. The molecule has 2 heterocycles. The number of carboxylic acids is 1. The van der Waals surface area contributed by atoms with Gasteiger partial charge in [0, 0.05) is 33.5 Å². The van der Waals surface area contributed by atoms with Crippen molar-refractivity contribution in [3.8, 4) is 34.6 Å². The van der Waals surface area contributed by atoms with Gasteiger partial charge in [-0.25, -0.2) is 0 Å². The van der Waals surface area contributed by atoms with Gasteiger partial charge in [-0.3, -0.25) is 14.6 Å². The molecule has 1 unspecified atom stereocenters. The van der Waals surface area contributed by atoms with Gasteiger partial charge in [-0.05, 0) is 67.1 Å². The number of hydrogen-bond donors (Lipinski definition) is 1. The first-order valence-electron chi connectivity index (χ1n) is 12.0. The maximum Gasteiger partial charge on any atom is 0.311 e. The normalized spacial score (nSPS) is 14.0. The third-order valence-corrected chi connectivity index (χ3v) is 6.88. The van der Waals surface area contributed by atoms with Crippen LogP contribution in [0.15, 0.2) is 72.8 Å². The molecular weight excluding hydrogens is 539 g/mol. The summed E-state index contributed by atoms with van der Waals surface area (Å²) in [6.07, 6.45) is 0.419. The summed E-state index contributed by atoms with van der Waals surface area (Å²) in [6.45, 7) is 0.261. The molecule has 0 fully saturated rings. The lowest BCUT2D eigenvalue weighted by Crippen LogP contribution is -2.21. The number of carbonyl (C=O) groups excluding carboxylic acids is 1. The molecule has 0 saturated carbocycles. The Balaban J connectivity index is 1.31. The van der Waals surface area contributed by atoms with Crippen molar-refractivity contribution in [2.24, 2.45) is 0 Å². The minimum Gasteiger partial charge on any atom is -0.493 e. The first kappa shape index (κ1) is 26.2. The average molecular weight is 559 g/mol. The predicted octanol–water partition coefficient (Wildman–Crippen LogP) is 7.10. The molecule has 4 aromatic rings. The molecule has 1 N–H and O–H groups in total. The molecule has 0 spiro atoms. The van der Waals surface area contributed by atoms with Crippen molar-refractivity contribution in [3.05, 3.63) is 105 Å². The molecule has 1 aliphatic rings. The average Bonchev–Trinajstić information content (AvgIpc) is 2.92. The van der Waals surface area contributed by atoms with Crippen LogP contribution in [0, 0.1) is 11.3 Å². The Labute approximate surface area is 234 Å². The number of nitriles is 1. The molecular formula is C30H20Cl2N2O5. The van der Waals surface area contributed by atoms with Crippen LogP contribution in [0.1, 0.15) is 39.5 Å². The molecule has 0 saturated heterocycles. The second-order valence-electron chi connectivity index (χ2n) is 8.89. The van der Waals surface area contributed by atoms with E-state index < -0.39 is 11.9 Å². The van der Waals surface area contributed by atoms with E-state index in [1.165, 1.54) is 12.1 Å². The van der Waals surface area contributed by atoms with Crippen molar-refractivity contribution in [1.29, 1.82) is 5.26 Å². The molecule has 0 amide bonds. The number of aromatic nitrogens is 1. The summed E-state index contributed by atoms with van der Waals surface area (Å²) in [6, 6.07) is 22.2. The van der Waals surface area contributed by atoms with Gasteiger partial charge in [0.05, 0.1) is 35.2 Å². The van der Waals surface area contributed by atoms with Crippen molar-refractivity contribution in [3.63, 3.8) is 0 Å². The van der Waals surface area contributed by atoms with E-state index in [2.05, 4.69) is 11.1 Å². The zero-order valence-electron chi connectivity index (χ0n) is 20.4. The zero-order chi connectivity index (χ0) is 27.5. The van der Waals surface area contributed by atoms with Gasteiger partial charge >= 0.3 is 5.97 Å². The molecule has 3 aromatic carbocycles. The minimum absolute atomic E-state index is 0.0880. The fraction of sp³-hybridized carbons (Fsp3) is 0.133. The number of hydrogen-bond acceptors (Lipinski definition) is 6. The quantitative estimate of drug-likeness (QED) is 0.241. The number of rotatable bonds is 7. The largest absolute Gasteiger partial charge is 0.493 e. The molecule has 39 heavy (non-hydrogen) atoms. The van der Waals surface area contributed by atoms with E-state index in [0.717, 1.165) is 5.56 Å². The number of aliphatic carboxylic acids is 1. The van der Waals surface area contributed by atoms with Crippen LogP contribution in [-0.4, -0.2) is 28.4 Å².